The van der Waals surface area contributed by atoms with Gasteiger partial charge in [-0.15, -0.1) is 0 Å². The van der Waals surface area contributed by atoms with E-state index in [-0.39, 0.29) is 11.4 Å². The number of hydrogen-bond donors (Lipinski definition) is 2. The molecule has 4 nitrogen and oxygen atoms in total. The van der Waals surface area contributed by atoms with E-state index in [1.807, 2.05) is 4.90 Å². The van der Waals surface area contributed by atoms with E-state index in [9.17, 15) is 4.79 Å². The molecule has 2 aliphatic heterocycles. The molecular weight excluding hydrogens is 226 g/mol. The molecule has 2 N–H and O–H groups in total. The number of rotatable bonds is 0. The van der Waals surface area contributed by atoms with Crippen molar-refractivity contribution in [3.05, 3.63) is 29.8 Å². The van der Waals surface area contributed by atoms with Gasteiger partial charge >= 0.3 is 6.03 Å². The van der Waals surface area contributed by atoms with Crippen molar-refractivity contribution in [2.75, 3.05) is 32.0 Å². The van der Waals surface area contributed by atoms with Crippen LogP contribution in [0.2, 0.25) is 0 Å². The standard InChI is InChI=1S/C14H19N3O/c1-15-13(18)17-8-6-14(7-9-17)10-16-12-5-3-2-4-11(12)14/h2-5,16H,6-10H2,1H3,(H,15,18). The Morgan fingerprint density at radius 2 is 2.06 bits per heavy atom. The highest BCUT2D eigenvalue weighted by Crippen LogP contribution is 2.43. The highest BCUT2D eigenvalue weighted by atomic mass is 16.2. The summed E-state index contributed by atoms with van der Waals surface area (Å²) in [7, 11) is 1.69. The Kier molecular flexibility index (Phi) is 2.65. The van der Waals surface area contributed by atoms with Gasteiger partial charge < -0.3 is 15.5 Å². The highest BCUT2D eigenvalue weighted by Gasteiger charge is 2.41. The van der Waals surface area contributed by atoms with Crippen LogP contribution in [-0.4, -0.2) is 37.6 Å². The lowest BCUT2D eigenvalue weighted by molar-refractivity contribution is 0.165. The Morgan fingerprint density at radius 1 is 1.33 bits per heavy atom. The summed E-state index contributed by atoms with van der Waals surface area (Å²) in [6, 6.07) is 8.60. The number of para-hydroxylation sites is 1. The number of fused-ring (bicyclic) bond motifs is 2. The third-order valence-corrected chi connectivity index (χ3v) is 4.34. The number of benzene rings is 1. The summed E-state index contributed by atoms with van der Waals surface area (Å²) in [6.45, 7) is 2.69. The van der Waals surface area contributed by atoms with Gasteiger partial charge in [0.15, 0.2) is 0 Å². The topological polar surface area (TPSA) is 44.4 Å². The van der Waals surface area contributed by atoms with Crippen LogP contribution in [0.1, 0.15) is 18.4 Å². The van der Waals surface area contributed by atoms with E-state index in [0.29, 0.717) is 0 Å². The second-order valence-electron chi connectivity index (χ2n) is 5.22. The summed E-state index contributed by atoms with van der Waals surface area (Å²) in [5.74, 6) is 0. The molecule has 4 heteroatoms. The second kappa shape index (κ2) is 4.19. The first-order valence-electron chi connectivity index (χ1n) is 6.55. The van der Waals surface area contributed by atoms with E-state index in [0.717, 1.165) is 32.5 Å². The van der Waals surface area contributed by atoms with Gasteiger partial charge in [-0.2, -0.15) is 0 Å². The number of piperidine rings is 1. The maximum atomic E-state index is 11.6. The summed E-state index contributed by atoms with van der Waals surface area (Å²) in [4.78, 5) is 13.5. The zero-order valence-electron chi connectivity index (χ0n) is 10.7. The fourth-order valence-corrected chi connectivity index (χ4v) is 3.20. The summed E-state index contributed by atoms with van der Waals surface area (Å²) in [6.07, 6.45) is 2.09. The third kappa shape index (κ3) is 1.64. The summed E-state index contributed by atoms with van der Waals surface area (Å²) < 4.78 is 0. The number of hydrogen-bond acceptors (Lipinski definition) is 2. The summed E-state index contributed by atoms with van der Waals surface area (Å²) in [5.41, 5.74) is 2.94. The van der Waals surface area contributed by atoms with Crippen LogP contribution in [0.4, 0.5) is 10.5 Å². The number of nitrogens with zero attached hydrogens (tertiary/aromatic N) is 1. The minimum Gasteiger partial charge on any atom is -0.384 e. The van der Waals surface area contributed by atoms with Crippen molar-refractivity contribution in [2.24, 2.45) is 0 Å². The first-order chi connectivity index (χ1) is 8.75. The summed E-state index contributed by atoms with van der Waals surface area (Å²) >= 11 is 0. The van der Waals surface area contributed by atoms with Crippen LogP contribution < -0.4 is 10.6 Å². The SMILES string of the molecule is CNC(=O)N1CCC2(CC1)CNc1ccccc12. The number of amides is 2. The Labute approximate surface area is 107 Å². The molecule has 1 saturated heterocycles. The first-order valence-corrected chi connectivity index (χ1v) is 6.55. The molecule has 0 saturated carbocycles. The zero-order chi connectivity index (χ0) is 12.6. The van der Waals surface area contributed by atoms with Crippen LogP contribution >= 0.6 is 0 Å². The van der Waals surface area contributed by atoms with Gasteiger partial charge in [-0.05, 0) is 24.5 Å². The Balaban J connectivity index is 1.79. The average Bonchev–Trinajstić information content (AvgIpc) is 2.78. The maximum Gasteiger partial charge on any atom is 0.317 e. The van der Waals surface area contributed by atoms with Gasteiger partial charge in [0.25, 0.3) is 0 Å². The van der Waals surface area contributed by atoms with Gasteiger partial charge in [0, 0.05) is 37.8 Å². The van der Waals surface area contributed by atoms with Crippen molar-refractivity contribution in [2.45, 2.75) is 18.3 Å². The molecule has 3 rings (SSSR count). The molecule has 0 aromatic heterocycles. The van der Waals surface area contributed by atoms with Crippen LogP contribution in [0.25, 0.3) is 0 Å². The molecule has 0 radical (unpaired) electrons. The lowest BCUT2D eigenvalue weighted by Crippen LogP contribution is -2.48. The van der Waals surface area contributed by atoms with Crippen LogP contribution in [0.5, 0.6) is 0 Å². The molecule has 96 valence electrons. The molecule has 2 amide bonds. The molecule has 0 aliphatic carbocycles. The van der Waals surface area contributed by atoms with E-state index in [2.05, 4.69) is 34.9 Å². The van der Waals surface area contributed by atoms with E-state index < -0.39 is 0 Å². The minimum atomic E-state index is 0.0455. The van der Waals surface area contributed by atoms with Crippen LogP contribution in [0.15, 0.2) is 24.3 Å². The summed E-state index contributed by atoms with van der Waals surface area (Å²) in [5, 5.41) is 6.20. The van der Waals surface area contributed by atoms with Gasteiger partial charge in [0.05, 0.1) is 0 Å². The van der Waals surface area contributed by atoms with E-state index in [4.69, 9.17) is 0 Å². The van der Waals surface area contributed by atoms with Gasteiger partial charge in [-0.25, -0.2) is 4.79 Å². The number of carbonyl (C=O) groups excluding carboxylic acids is 1. The van der Waals surface area contributed by atoms with Gasteiger partial charge in [-0.1, -0.05) is 18.2 Å². The number of likely N-dealkylation sites (tertiary alicyclic amines) is 1. The molecular formula is C14H19N3O. The van der Waals surface area contributed by atoms with Crippen LogP contribution in [0, 0.1) is 0 Å². The predicted molar refractivity (Wildman–Crippen MR) is 71.9 cm³/mol. The number of anilines is 1. The van der Waals surface area contributed by atoms with Crippen molar-refractivity contribution in [3.8, 4) is 0 Å². The lowest BCUT2D eigenvalue weighted by Gasteiger charge is -2.39. The van der Waals surface area contributed by atoms with Crippen molar-refractivity contribution in [1.82, 2.24) is 10.2 Å². The second-order valence-corrected chi connectivity index (χ2v) is 5.22. The van der Waals surface area contributed by atoms with Crippen LogP contribution in [0.3, 0.4) is 0 Å². The molecule has 1 aromatic rings. The fourth-order valence-electron chi connectivity index (χ4n) is 3.20. The maximum absolute atomic E-state index is 11.6. The van der Waals surface area contributed by atoms with Gasteiger partial charge in [0.2, 0.25) is 0 Å². The van der Waals surface area contributed by atoms with E-state index in [1.165, 1.54) is 11.3 Å². The van der Waals surface area contributed by atoms with E-state index >= 15 is 0 Å². The molecule has 18 heavy (non-hydrogen) atoms. The lowest BCUT2D eigenvalue weighted by atomic mass is 9.74. The van der Waals surface area contributed by atoms with Crippen molar-refractivity contribution in [3.63, 3.8) is 0 Å². The average molecular weight is 245 g/mol. The first kappa shape index (κ1) is 11.4. The Bertz CT molecular complexity index is 464. The van der Waals surface area contributed by atoms with Gasteiger partial charge in [-0.3, -0.25) is 0 Å². The van der Waals surface area contributed by atoms with Crippen molar-refractivity contribution >= 4 is 11.7 Å². The smallest absolute Gasteiger partial charge is 0.317 e. The minimum absolute atomic E-state index is 0.0455. The van der Waals surface area contributed by atoms with E-state index in [1.54, 1.807) is 7.05 Å². The largest absolute Gasteiger partial charge is 0.384 e. The van der Waals surface area contributed by atoms with Crippen LogP contribution in [-0.2, 0) is 5.41 Å². The quantitative estimate of drug-likeness (QED) is 0.732. The molecule has 0 unspecified atom stereocenters. The fraction of sp³-hybridized carbons (Fsp3) is 0.500. The number of urea groups is 1. The predicted octanol–water partition coefficient (Wildman–Crippen LogP) is 1.79. The monoisotopic (exact) mass is 245 g/mol. The molecule has 1 fully saturated rings. The molecule has 0 bridgehead atoms. The Morgan fingerprint density at radius 3 is 2.78 bits per heavy atom. The molecule has 2 aliphatic rings. The van der Waals surface area contributed by atoms with Gasteiger partial charge in [0.1, 0.15) is 0 Å². The van der Waals surface area contributed by atoms with Crippen molar-refractivity contribution in [1.29, 1.82) is 0 Å². The number of carbonyl (C=O) groups is 1. The zero-order valence-corrected chi connectivity index (χ0v) is 10.7. The van der Waals surface area contributed by atoms with Crippen molar-refractivity contribution < 1.29 is 4.79 Å². The molecule has 2 heterocycles. The normalized spacial score (nSPS) is 20.4. The molecule has 1 spiro atoms. The third-order valence-electron chi connectivity index (χ3n) is 4.34. The number of nitrogens with one attached hydrogen (secondary N) is 2. The molecule has 1 aromatic carbocycles. The Hall–Kier alpha value is -1.71. The highest BCUT2D eigenvalue weighted by molar-refractivity contribution is 5.74. The molecule has 0 atom stereocenters.